The van der Waals surface area contributed by atoms with E-state index in [1.165, 1.54) is 99.5 Å². The van der Waals surface area contributed by atoms with Gasteiger partial charge in [-0.2, -0.15) is 0 Å². The summed E-state index contributed by atoms with van der Waals surface area (Å²) in [6.45, 7) is 0. The van der Waals surface area contributed by atoms with E-state index < -0.39 is 0 Å². The molecule has 0 amide bonds. The molecule has 272 valence electrons. The maximum Gasteiger partial charge on any atom is 0.0672 e. The summed E-state index contributed by atoms with van der Waals surface area (Å²) in [6.07, 6.45) is 13.3. The molecule has 0 fully saturated rings. The minimum atomic E-state index is 0.262. The number of benzene rings is 6. The summed E-state index contributed by atoms with van der Waals surface area (Å²) in [7, 11) is 0. The first-order valence-electron chi connectivity index (χ1n) is 20.6. The molecule has 1 aromatic heterocycles. The van der Waals surface area contributed by atoms with E-state index in [1.807, 2.05) is 0 Å². The number of fused-ring (bicyclic) bond motifs is 5. The fourth-order valence-corrected chi connectivity index (χ4v) is 10.1. The van der Waals surface area contributed by atoms with Gasteiger partial charge in [0.1, 0.15) is 0 Å². The largest absolute Gasteiger partial charge is 0.381 e. The fourth-order valence-electron chi connectivity index (χ4n) is 10.1. The predicted molar refractivity (Wildman–Crippen MR) is 233 cm³/mol. The van der Waals surface area contributed by atoms with Crippen molar-refractivity contribution in [1.82, 2.24) is 9.88 Å². The van der Waals surface area contributed by atoms with E-state index in [1.54, 1.807) is 11.1 Å². The lowest BCUT2D eigenvalue weighted by Crippen LogP contribution is -2.33. The molecule has 1 N–H and O–H groups in total. The number of aromatic nitrogens is 1. The van der Waals surface area contributed by atoms with Crippen molar-refractivity contribution in [3.63, 3.8) is 0 Å². The molecular formula is C53H45N3. The van der Waals surface area contributed by atoms with Gasteiger partial charge >= 0.3 is 0 Å². The van der Waals surface area contributed by atoms with Gasteiger partial charge in [0, 0.05) is 51.7 Å². The molecular weight excluding hydrogens is 679 g/mol. The van der Waals surface area contributed by atoms with Crippen LogP contribution in [0.3, 0.4) is 0 Å². The molecule has 3 unspecified atom stereocenters. The van der Waals surface area contributed by atoms with Crippen molar-refractivity contribution in [2.75, 3.05) is 0 Å². The second kappa shape index (κ2) is 13.8. The Kier molecular flexibility index (Phi) is 8.19. The highest BCUT2D eigenvalue weighted by molar-refractivity contribution is 6.10. The zero-order chi connectivity index (χ0) is 37.0. The predicted octanol–water partition coefficient (Wildman–Crippen LogP) is 13.1. The first-order valence-corrected chi connectivity index (χ1v) is 20.6. The topological polar surface area (TPSA) is 29.3 Å². The van der Waals surface area contributed by atoms with Crippen LogP contribution < -0.4 is 5.32 Å². The summed E-state index contributed by atoms with van der Waals surface area (Å²) in [6, 6.07) is 56.3. The van der Waals surface area contributed by atoms with E-state index in [2.05, 4.69) is 174 Å². The Balaban J connectivity index is 0.937. The minimum Gasteiger partial charge on any atom is -0.381 e. The van der Waals surface area contributed by atoms with E-state index >= 15 is 0 Å². The third kappa shape index (κ3) is 5.76. The molecule has 6 aromatic carbocycles. The van der Waals surface area contributed by atoms with Crippen molar-refractivity contribution in [2.24, 2.45) is 4.99 Å². The highest BCUT2D eigenvalue weighted by atomic mass is 15.0. The van der Waals surface area contributed by atoms with Crippen molar-refractivity contribution in [3.8, 4) is 16.8 Å². The third-order valence-corrected chi connectivity index (χ3v) is 12.8. The standard InChI is InChI=1S/C53H45N3/c1-3-13-35(14-4-1)41-33-49(37-15-5-2-6-16-37)54-50(34-41)40-18-11-17-38(31-40)39-27-30-52-47(32-39)45-20-8-10-24-51(45)56(52)42-28-25-36(26-29-42)43-21-12-22-46-44-19-7-9-23-48(44)55-53(43)46/h1-6,8,10-11,13-18,20,22,24-32,34,41,43,53,55H,7,9,12,19,21,23,33H2. The number of nitrogens with one attached hydrogen (secondary N) is 1. The van der Waals surface area contributed by atoms with Gasteiger partial charge in [-0.1, -0.05) is 127 Å². The highest BCUT2D eigenvalue weighted by Gasteiger charge is 2.37. The van der Waals surface area contributed by atoms with Crippen molar-refractivity contribution in [1.29, 1.82) is 0 Å². The number of allylic oxidation sites excluding steroid dienone is 3. The van der Waals surface area contributed by atoms with Crippen LogP contribution in [0.1, 0.15) is 79.0 Å². The molecule has 2 aliphatic carbocycles. The van der Waals surface area contributed by atoms with Gasteiger partial charge < -0.3 is 9.88 Å². The molecule has 3 heteroatoms. The lowest BCUT2D eigenvalue weighted by Gasteiger charge is -2.30. The van der Waals surface area contributed by atoms with Gasteiger partial charge in [0.15, 0.2) is 0 Å². The number of aliphatic imine (C=N–C) groups is 1. The quantitative estimate of drug-likeness (QED) is 0.182. The number of hydrogen-bond donors (Lipinski definition) is 1. The number of nitrogens with zero attached hydrogens (tertiary/aromatic N) is 2. The van der Waals surface area contributed by atoms with Crippen molar-refractivity contribution < 1.29 is 0 Å². The molecule has 11 rings (SSSR count). The van der Waals surface area contributed by atoms with Crippen molar-refractivity contribution in [3.05, 3.63) is 203 Å². The van der Waals surface area contributed by atoms with Crippen LogP contribution in [-0.2, 0) is 0 Å². The van der Waals surface area contributed by atoms with Crippen LogP contribution in [0, 0.1) is 0 Å². The van der Waals surface area contributed by atoms with Crippen LogP contribution in [0.2, 0.25) is 0 Å². The summed E-state index contributed by atoms with van der Waals surface area (Å²) in [5, 5.41) is 6.53. The average Bonchev–Trinajstić information content (AvgIpc) is 3.83. The van der Waals surface area contributed by atoms with Gasteiger partial charge in [-0.25, -0.2) is 0 Å². The molecule has 0 bridgehead atoms. The lowest BCUT2D eigenvalue weighted by molar-refractivity contribution is 0.488. The normalized spacial score (nSPS) is 20.6. The third-order valence-electron chi connectivity index (χ3n) is 12.8. The van der Waals surface area contributed by atoms with Crippen molar-refractivity contribution >= 4 is 33.2 Å². The molecule has 0 saturated heterocycles. The van der Waals surface area contributed by atoms with E-state index in [0.717, 1.165) is 23.4 Å². The minimum absolute atomic E-state index is 0.262. The molecule has 2 aliphatic heterocycles. The molecule has 0 radical (unpaired) electrons. The molecule has 0 saturated carbocycles. The first-order chi connectivity index (χ1) is 27.7. The van der Waals surface area contributed by atoms with E-state index in [-0.39, 0.29) is 5.92 Å². The van der Waals surface area contributed by atoms with Crippen LogP contribution in [-0.4, -0.2) is 16.3 Å². The van der Waals surface area contributed by atoms with Crippen LogP contribution >= 0.6 is 0 Å². The van der Waals surface area contributed by atoms with E-state index in [0.29, 0.717) is 12.0 Å². The summed E-state index contributed by atoms with van der Waals surface area (Å²) >= 11 is 0. The first kappa shape index (κ1) is 33.2. The van der Waals surface area contributed by atoms with Gasteiger partial charge in [-0.05, 0) is 114 Å². The zero-order valence-electron chi connectivity index (χ0n) is 31.7. The summed E-state index contributed by atoms with van der Waals surface area (Å²) in [4.78, 5) is 5.30. The number of para-hydroxylation sites is 1. The molecule has 7 aromatic rings. The molecule has 3 atom stereocenters. The monoisotopic (exact) mass is 723 g/mol. The van der Waals surface area contributed by atoms with E-state index in [9.17, 15) is 0 Å². The van der Waals surface area contributed by atoms with Crippen LogP contribution in [0.25, 0.3) is 44.3 Å². The fraction of sp³-hybridized carbons (Fsp3) is 0.189. The summed E-state index contributed by atoms with van der Waals surface area (Å²) in [5.41, 5.74) is 18.1. The Hall–Kier alpha value is -6.19. The van der Waals surface area contributed by atoms with E-state index in [4.69, 9.17) is 4.99 Å². The second-order valence-electron chi connectivity index (χ2n) is 16.1. The van der Waals surface area contributed by atoms with Crippen LogP contribution in [0.4, 0.5) is 0 Å². The Morgan fingerprint density at radius 3 is 2.20 bits per heavy atom. The second-order valence-corrected chi connectivity index (χ2v) is 16.1. The summed E-state index contributed by atoms with van der Waals surface area (Å²) < 4.78 is 2.45. The Bertz CT molecular complexity index is 2740. The Morgan fingerprint density at radius 1 is 0.589 bits per heavy atom. The highest BCUT2D eigenvalue weighted by Crippen LogP contribution is 2.45. The maximum atomic E-state index is 5.30. The van der Waals surface area contributed by atoms with Crippen LogP contribution in [0.15, 0.2) is 186 Å². The van der Waals surface area contributed by atoms with Gasteiger partial charge in [-0.15, -0.1) is 0 Å². The molecule has 4 aliphatic rings. The summed E-state index contributed by atoms with van der Waals surface area (Å²) in [5.74, 6) is 0.771. The lowest BCUT2D eigenvalue weighted by atomic mass is 9.78. The number of hydrogen-bond acceptors (Lipinski definition) is 2. The molecule has 3 nitrogen and oxygen atoms in total. The van der Waals surface area contributed by atoms with Gasteiger partial charge in [0.2, 0.25) is 0 Å². The average molecular weight is 724 g/mol. The smallest absolute Gasteiger partial charge is 0.0672 e. The Morgan fingerprint density at radius 2 is 1.32 bits per heavy atom. The van der Waals surface area contributed by atoms with Gasteiger partial charge in [0.25, 0.3) is 0 Å². The van der Waals surface area contributed by atoms with Crippen LogP contribution in [0.5, 0.6) is 0 Å². The van der Waals surface area contributed by atoms with Gasteiger partial charge in [-0.3, -0.25) is 4.99 Å². The number of rotatable bonds is 6. The molecule has 0 spiro atoms. The van der Waals surface area contributed by atoms with Gasteiger partial charge in [0.05, 0.1) is 22.8 Å². The molecule has 3 heterocycles. The zero-order valence-corrected chi connectivity index (χ0v) is 31.7. The Labute approximate surface area is 329 Å². The van der Waals surface area contributed by atoms with Crippen molar-refractivity contribution in [2.45, 2.75) is 62.8 Å². The maximum absolute atomic E-state index is 5.30. The SMILES string of the molecule is C1=C(c2cccc(-c3ccc4c(c3)c3ccccc3n4-c3ccc(C4CCC=C5C6=C(CCCC6)NC54)cc3)c2)N=C(c2ccccc2)CC1c1ccccc1. The molecule has 56 heavy (non-hydrogen) atoms.